The zero-order chi connectivity index (χ0) is 13.8. The van der Waals surface area contributed by atoms with Crippen LogP contribution >= 0.6 is 0 Å². The zero-order valence-electron chi connectivity index (χ0n) is 11.6. The molecule has 0 amide bonds. The Bertz CT molecular complexity index is 568. The first-order chi connectivity index (χ1) is 9.83. The molecule has 1 aliphatic rings. The van der Waals surface area contributed by atoms with E-state index in [2.05, 4.69) is 39.4 Å². The molecule has 5 nitrogen and oxygen atoms in total. The average molecular weight is 270 g/mol. The van der Waals surface area contributed by atoms with Gasteiger partial charge in [-0.1, -0.05) is 12.1 Å². The van der Waals surface area contributed by atoms with Crippen molar-refractivity contribution in [1.29, 1.82) is 0 Å². The molecule has 2 heterocycles. The van der Waals surface area contributed by atoms with Crippen molar-refractivity contribution in [3.63, 3.8) is 0 Å². The maximum atomic E-state index is 5.32. The first-order valence-corrected chi connectivity index (χ1v) is 6.79. The summed E-state index contributed by atoms with van der Waals surface area (Å²) >= 11 is 0. The summed E-state index contributed by atoms with van der Waals surface area (Å²) < 4.78 is 7.31. The van der Waals surface area contributed by atoms with Crippen molar-refractivity contribution in [1.82, 2.24) is 14.6 Å². The average Bonchev–Trinajstić information content (AvgIpc) is 3.03. The lowest BCUT2D eigenvalue weighted by molar-refractivity contribution is 0.0393. The minimum atomic E-state index is 0.760. The van der Waals surface area contributed by atoms with Crippen molar-refractivity contribution in [2.45, 2.75) is 6.92 Å². The summed E-state index contributed by atoms with van der Waals surface area (Å²) in [7, 11) is 0. The van der Waals surface area contributed by atoms with Gasteiger partial charge in [-0.2, -0.15) is 5.10 Å². The van der Waals surface area contributed by atoms with Crippen LogP contribution in [-0.4, -0.2) is 46.6 Å². The van der Waals surface area contributed by atoms with Gasteiger partial charge in [0.25, 0.3) is 0 Å². The number of ether oxygens (including phenoxy) is 1. The standard InChI is InChI=1S/C15H18N4O/c1-13(17-19-8-10-20-11-9-19)14-2-4-15(5-3-14)18-7-6-16-12-18/h2-7,12H,8-11H2,1H3. The number of morpholine rings is 1. The summed E-state index contributed by atoms with van der Waals surface area (Å²) in [5, 5.41) is 6.72. The van der Waals surface area contributed by atoms with Crippen LogP contribution in [0.4, 0.5) is 0 Å². The minimum Gasteiger partial charge on any atom is -0.378 e. The molecule has 1 aromatic carbocycles. The second-order valence-corrected chi connectivity index (χ2v) is 4.77. The first kappa shape index (κ1) is 12.9. The Morgan fingerprint density at radius 3 is 2.60 bits per heavy atom. The Morgan fingerprint density at radius 1 is 1.20 bits per heavy atom. The number of benzene rings is 1. The molecular formula is C15H18N4O. The van der Waals surface area contributed by atoms with Gasteiger partial charge in [-0.15, -0.1) is 0 Å². The molecule has 0 atom stereocenters. The highest BCUT2D eigenvalue weighted by molar-refractivity contribution is 5.98. The van der Waals surface area contributed by atoms with Gasteiger partial charge in [-0.25, -0.2) is 4.98 Å². The number of rotatable bonds is 3. The lowest BCUT2D eigenvalue weighted by atomic mass is 10.1. The number of hydrogen-bond donors (Lipinski definition) is 0. The van der Waals surface area contributed by atoms with E-state index >= 15 is 0 Å². The molecule has 0 N–H and O–H groups in total. The van der Waals surface area contributed by atoms with E-state index < -0.39 is 0 Å². The van der Waals surface area contributed by atoms with Gasteiger partial charge in [-0.05, 0) is 24.6 Å². The highest BCUT2D eigenvalue weighted by Gasteiger charge is 2.08. The molecule has 0 saturated carbocycles. The molecule has 0 unspecified atom stereocenters. The van der Waals surface area contributed by atoms with E-state index in [4.69, 9.17) is 4.74 Å². The summed E-state index contributed by atoms with van der Waals surface area (Å²) in [5.74, 6) is 0. The molecule has 1 fully saturated rings. The van der Waals surface area contributed by atoms with Crippen molar-refractivity contribution in [3.8, 4) is 5.69 Å². The van der Waals surface area contributed by atoms with Gasteiger partial charge in [0.05, 0.1) is 38.3 Å². The molecule has 0 aliphatic carbocycles. The normalized spacial score (nSPS) is 16.4. The monoisotopic (exact) mass is 270 g/mol. The SMILES string of the molecule is CC(=NN1CCOCC1)c1ccc(-n2ccnc2)cc1. The van der Waals surface area contributed by atoms with Gasteiger partial charge in [0.15, 0.2) is 0 Å². The summed E-state index contributed by atoms with van der Waals surface area (Å²) in [6.45, 7) is 5.29. The van der Waals surface area contributed by atoms with Crippen LogP contribution in [0.2, 0.25) is 0 Å². The van der Waals surface area contributed by atoms with Crippen LogP contribution in [0.3, 0.4) is 0 Å². The van der Waals surface area contributed by atoms with Crippen LogP contribution in [0, 0.1) is 0 Å². The van der Waals surface area contributed by atoms with Gasteiger partial charge in [0, 0.05) is 18.1 Å². The van der Waals surface area contributed by atoms with Crippen LogP contribution in [0.5, 0.6) is 0 Å². The molecule has 0 radical (unpaired) electrons. The third kappa shape index (κ3) is 2.88. The summed E-state index contributed by atoms with van der Waals surface area (Å²) in [4.78, 5) is 4.05. The van der Waals surface area contributed by atoms with E-state index in [9.17, 15) is 0 Å². The van der Waals surface area contributed by atoms with Crippen molar-refractivity contribution >= 4 is 5.71 Å². The summed E-state index contributed by atoms with van der Waals surface area (Å²) in [5.41, 5.74) is 3.27. The predicted molar refractivity (Wildman–Crippen MR) is 78.2 cm³/mol. The van der Waals surface area contributed by atoms with Crippen LogP contribution in [0.1, 0.15) is 12.5 Å². The van der Waals surface area contributed by atoms with Gasteiger partial charge in [-0.3, -0.25) is 5.01 Å². The lowest BCUT2D eigenvalue weighted by Gasteiger charge is -2.24. The molecular weight excluding hydrogens is 252 g/mol. The van der Waals surface area contributed by atoms with Crippen molar-refractivity contribution in [2.75, 3.05) is 26.3 Å². The van der Waals surface area contributed by atoms with Gasteiger partial charge >= 0.3 is 0 Å². The maximum Gasteiger partial charge on any atom is 0.0991 e. The molecule has 5 heteroatoms. The second-order valence-electron chi connectivity index (χ2n) is 4.77. The molecule has 2 aromatic rings. The molecule has 20 heavy (non-hydrogen) atoms. The van der Waals surface area contributed by atoms with E-state index in [-0.39, 0.29) is 0 Å². The number of nitrogens with zero attached hydrogens (tertiary/aromatic N) is 4. The fraction of sp³-hybridized carbons (Fsp3) is 0.333. The lowest BCUT2D eigenvalue weighted by Crippen LogP contribution is -2.33. The molecule has 3 rings (SSSR count). The highest BCUT2D eigenvalue weighted by Crippen LogP contribution is 2.11. The fourth-order valence-electron chi connectivity index (χ4n) is 2.21. The van der Waals surface area contributed by atoms with Gasteiger partial charge in [0.1, 0.15) is 0 Å². The largest absolute Gasteiger partial charge is 0.378 e. The Balaban J connectivity index is 1.75. The Morgan fingerprint density at radius 2 is 1.95 bits per heavy atom. The molecule has 0 spiro atoms. The molecule has 1 aromatic heterocycles. The van der Waals surface area contributed by atoms with Crippen molar-refractivity contribution in [3.05, 3.63) is 48.5 Å². The van der Waals surface area contributed by atoms with E-state index in [1.165, 1.54) is 0 Å². The fourth-order valence-corrected chi connectivity index (χ4v) is 2.21. The van der Waals surface area contributed by atoms with Crippen molar-refractivity contribution in [2.24, 2.45) is 5.10 Å². The maximum absolute atomic E-state index is 5.32. The van der Waals surface area contributed by atoms with E-state index in [0.717, 1.165) is 43.3 Å². The minimum absolute atomic E-state index is 0.760. The van der Waals surface area contributed by atoms with Crippen LogP contribution < -0.4 is 0 Å². The number of hydrazone groups is 1. The van der Waals surface area contributed by atoms with Crippen LogP contribution in [0.15, 0.2) is 48.1 Å². The zero-order valence-corrected chi connectivity index (χ0v) is 11.6. The molecule has 1 saturated heterocycles. The quantitative estimate of drug-likeness (QED) is 0.800. The van der Waals surface area contributed by atoms with Crippen LogP contribution in [-0.2, 0) is 4.74 Å². The molecule has 0 bridgehead atoms. The third-order valence-corrected chi connectivity index (χ3v) is 3.37. The number of aromatic nitrogens is 2. The van der Waals surface area contributed by atoms with Crippen molar-refractivity contribution < 1.29 is 4.74 Å². The first-order valence-electron chi connectivity index (χ1n) is 6.79. The number of hydrogen-bond acceptors (Lipinski definition) is 4. The molecule has 104 valence electrons. The summed E-state index contributed by atoms with van der Waals surface area (Å²) in [6, 6.07) is 8.34. The van der Waals surface area contributed by atoms with Gasteiger partial charge in [0.2, 0.25) is 0 Å². The third-order valence-electron chi connectivity index (χ3n) is 3.37. The Kier molecular flexibility index (Phi) is 3.78. The molecule has 1 aliphatic heterocycles. The Hall–Kier alpha value is -2.14. The number of imidazole rings is 1. The second kappa shape index (κ2) is 5.88. The van der Waals surface area contributed by atoms with E-state index in [1.807, 2.05) is 17.7 Å². The smallest absolute Gasteiger partial charge is 0.0991 e. The Labute approximate surface area is 118 Å². The van der Waals surface area contributed by atoms with E-state index in [0.29, 0.717) is 0 Å². The van der Waals surface area contributed by atoms with Gasteiger partial charge < -0.3 is 9.30 Å². The highest BCUT2D eigenvalue weighted by atomic mass is 16.5. The van der Waals surface area contributed by atoms with Crippen LogP contribution in [0.25, 0.3) is 5.69 Å². The van der Waals surface area contributed by atoms with E-state index in [1.54, 1.807) is 12.5 Å². The topological polar surface area (TPSA) is 42.6 Å². The summed E-state index contributed by atoms with van der Waals surface area (Å²) in [6.07, 6.45) is 5.51. The predicted octanol–water partition coefficient (Wildman–Crippen LogP) is 1.93.